The summed E-state index contributed by atoms with van der Waals surface area (Å²) < 4.78 is 48.1. The number of nitriles is 1. The van der Waals surface area contributed by atoms with Crippen LogP contribution in [0.25, 0.3) is 0 Å². The van der Waals surface area contributed by atoms with Crippen LogP contribution >= 0.6 is 23.2 Å². The maximum Gasteiger partial charge on any atom is 0.337 e. The van der Waals surface area contributed by atoms with Crippen molar-refractivity contribution in [2.75, 3.05) is 33.2 Å². The molecule has 1 saturated carbocycles. The highest BCUT2D eigenvalue weighted by Gasteiger charge is 2.66. The van der Waals surface area contributed by atoms with Crippen LogP contribution in [-0.2, 0) is 24.5 Å². The molecule has 0 radical (unpaired) electrons. The van der Waals surface area contributed by atoms with Crippen LogP contribution in [0, 0.1) is 40.2 Å². The third kappa shape index (κ3) is 7.27. The van der Waals surface area contributed by atoms with Gasteiger partial charge in [-0.25, -0.2) is 13.6 Å². The number of rotatable bonds is 10. The van der Waals surface area contributed by atoms with E-state index in [1.165, 1.54) is 69.9 Å². The van der Waals surface area contributed by atoms with Crippen LogP contribution in [0.3, 0.4) is 0 Å². The van der Waals surface area contributed by atoms with Crippen molar-refractivity contribution in [3.63, 3.8) is 0 Å². The molecule has 13 heteroatoms. The number of nitrogens with one attached hydrogen (secondary N) is 1. The molecule has 1 aliphatic carbocycles. The fourth-order valence-corrected chi connectivity index (χ4v) is 7.80. The molecule has 9 nitrogen and oxygen atoms in total. The number of nitrogens with zero attached hydrogens (tertiary/aromatic N) is 2. The summed E-state index contributed by atoms with van der Waals surface area (Å²) in [6.07, 6.45) is 0.728. The van der Waals surface area contributed by atoms with E-state index < -0.39 is 64.2 Å². The average Bonchev–Trinajstić information content (AvgIpc) is 3.81. The Morgan fingerprint density at radius 2 is 1.76 bits per heavy atom. The van der Waals surface area contributed by atoms with E-state index >= 15 is 8.78 Å². The SMILES string of the molecule is COC(=O)c1ccc(NC(=O)[C@H]2[C@H](c3cccc(Cl)c3F)[C@@](C#N)(c3ccc(Cl)cc3F)[C@H](CC(C)(C)C)N2CC2C[C@H]2C(=O)OC)c(OC)c1. The van der Waals surface area contributed by atoms with Gasteiger partial charge in [-0.2, -0.15) is 5.26 Å². The normalized spacial score (nSPS) is 24.4. The van der Waals surface area contributed by atoms with Crippen molar-refractivity contribution in [3.05, 3.63) is 93.0 Å². The lowest BCUT2D eigenvalue weighted by Gasteiger charge is -2.39. The predicted octanol–water partition coefficient (Wildman–Crippen LogP) is 7.55. The van der Waals surface area contributed by atoms with Gasteiger partial charge in [0.1, 0.15) is 22.8 Å². The highest BCUT2D eigenvalue weighted by molar-refractivity contribution is 6.31. The van der Waals surface area contributed by atoms with E-state index in [1.807, 2.05) is 25.7 Å². The number of hydrogen-bond donors (Lipinski definition) is 1. The van der Waals surface area contributed by atoms with Crippen molar-refractivity contribution in [2.45, 2.75) is 57.0 Å². The van der Waals surface area contributed by atoms with Gasteiger partial charge >= 0.3 is 11.9 Å². The molecule has 1 saturated heterocycles. The summed E-state index contributed by atoms with van der Waals surface area (Å²) in [6.45, 7) is 6.00. The Balaban J connectivity index is 1.79. The van der Waals surface area contributed by atoms with Crippen molar-refractivity contribution >= 4 is 46.7 Å². The molecule has 1 aliphatic heterocycles. The zero-order chi connectivity index (χ0) is 37.4. The topological polar surface area (TPSA) is 118 Å². The van der Waals surface area contributed by atoms with Crippen LogP contribution in [0.1, 0.15) is 61.0 Å². The molecule has 270 valence electrons. The molecular weight excluding hydrogens is 703 g/mol. The molecule has 3 aromatic carbocycles. The average molecular weight is 743 g/mol. The highest BCUT2D eigenvalue weighted by Crippen LogP contribution is 2.58. The summed E-state index contributed by atoms with van der Waals surface area (Å²) in [5.74, 6) is -5.26. The molecule has 1 unspecified atom stereocenters. The summed E-state index contributed by atoms with van der Waals surface area (Å²) in [5.41, 5.74) is -2.15. The molecule has 1 amide bonds. The molecule has 0 spiro atoms. The van der Waals surface area contributed by atoms with Crippen molar-refractivity contribution < 1.29 is 37.4 Å². The van der Waals surface area contributed by atoms with Crippen LogP contribution in [-0.4, -0.2) is 62.7 Å². The van der Waals surface area contributed by atoms with Gasteiger partial charge in [-0.15, -0.1) is 0 Å². The van der Waals surface area contributed by atoms with Crippen molar-refractivity contribution in [1.82, 2.24) is 4.90 Å². The number of carbonyl (C=O) groups is 3. The van der Waals surface area contributed by atoms with Crippen LogP contribution in [0.2, 0.25) is 10.0 Å². The number of anilines is 1. The maximum atomic E-state index is 16.4. The molecule has 3 aromatic rings. The lowest BCUT2D eigenvalue weighted by Crippen LogP contribution is -2.48. The minimum atomic E-state index is -1.88. The van der Waals surface area contributed by atoms with E-state index in [9.17, 15) is 19.6 Å². The zero-order valence-corrected chi connectivity index (χ0v) is 30.6. The monoisotopic (exact) mass is 741 g/mol. The largest absolute Gasteiger partial charge is 0.495 e. The van der Waals surface area contributed by atoms with Gasteiger partial charge in [-0.1, -0.05) is 62.2 Å². The Kier molecular flexibility index (Phi) is 11.0. The third-order valence-electron chi connectivity index (χ3n) is 9.79. The molecular formula is C38H39Cl2F2N3O6. The molecule has 0 bridgehead atoms. The van der Waals surface area contributed by atoms with Crippen molar-refractivity contribution in [1.29, 1.82) is 5.26 Å². The summed E-state index contributed by atoms with van der Waals surface area (Å²) in [6, 6.07) is 12.8. The van der Waals surface area contributed by atoms with Crippen molar-refractivity contribution in [3.8, 4) is 11.8 Å². The predicted molar refractivity (Wildman–Crippen MR) is 188 cm³/mol. The number of amides is 1. The summed E-state index contributed by atoms with van der Waals surface area (Å²) in [5, 5.41) is 14.2. The Bertz CT molecular complexity index is 1900. The first kappa shape index (κ1) is 38.0. The minimum absolute atomic E-state index is 0.0614. The van der Waals surface area contributed by atoms with Gasteiger partial charge in [0.25, 0.3) is 0 Å². The lowest BCUT2D eigenvalue weighted by atomic mass is 9.62. The number of carbonyl (C=O) groups excluding carboxylic acids is 3. The fraction of sp³-hybridized carbons (Fsp3) is 0.421. The lowest BCUT2D eigenvalue weighted by molar-refractivity contribution is -0.142. The number of esters is 2. The fourth-order valence-electron chi connectivity index (χ4n) is 7.46. The van der Waals surface area contributed by atoms with Crippen LogP contribution in [0.4, 0.5) is 14.5 Å². The van der Waals surface area contributed by atoms with Gasteiger partial charge < -0.3 is 19.5 Å². The molecule has 5 rings (SSSR count). The van der Waals surface area contributed by atoms with Crippen LogP contribution < -0.4 is 10.1 Å². The summed E-state index contributed by atoms with van der Waals surface area (Å²) in [4.78, 5) is 41.6. The first-order chi connectivity index (χ1) is 24.1. The Morgan fingerprint density at radius 1 is 1.04 bits per heavy atom. The number of halogens is 4. The molecule has 1 heterocycles. The number of methoxy groups -OCH3 is 3. The number of ether oxygens (including phenoxy) is 3. The maximum absolute atomic E-state index is 16.4. The molecule has 0 aromatic heterocycles. The Labute approximate surface area is 305 Å². The molecule has 2 fully saturated rings. The van der Waals surface area contributed by atoms with Gasteiger partial charge in [-0.3, -0.25) is 14.5 Å². The van der Waals surface area contributed by atoms with Gasteiger partial charge in [-0.05, 0) is 66.1 Å². The molecule has 6 atom stereocenters. The minimum Gasteiger partial charge on any atom is -0.495 e. The van der Waals surface area contributed by atoms with Gasteiger partial charge in [0.2, 0.25) is 5.91 Å². The number of hydrogen-bond acceptors (Lipinski definition) is 8. The second-order valence-corrected chi connectivity index (χ2v) is 15.0. The first-order valence-electron chi connectivity index (χ1n) is 16.3. The Hall–Kier alpha value is -4.24. The molecule has 1 N–H and O–H groups in total. The van der Waals surface area contributed by atoms with Gasteiger partial charge in [0.15, 0.2) is 0 Å². The first-order valence-corrected chi connectivity index (χ1v) is 17.1. The van der Waals surface area contributed by atoms with Crippen LogP contribution in [0.5, 0.6) is 5.75 Å². The van der Waals surface area contributed by atoms with Crippen molar-refractivity contribution in [2.24, 2.45) is 17.3 Å². The van der Waals surface area contributed by atoms with E-state index in [0.29, 0.717) is 6.42 Å². The van der Waals surface area contributed by atoms with Gasteiger partial charge in [0, 0.05) is 29.1 Å². The van der Waals surface area contributed by atoms with E-state index in [-0.39, 0.29) is 57.1 Å². The summed E-state index contributed by atoms with van der Waals surface area (Å²) >= 11 is 12.5. The summed E-state index contributed by atoms with van der Waals surface area (Å²) in [7, 11) is 3.90. The van der Waals surface area contributed by atoms with Gasteiger partial charge in [0.05, 0.1) is 55.6 Å². The molecule has 2 aliphatic rings. The standard InChI is InChI=1S/C38H39Cl2F2N3O6/c1-37(2,3)17-30-38(19-43,25-12-11-22(39)16-27(25)41)31(23-8-7-9-26(40)32(23)42)33(45(30)18-21-14-24(21)36(48)51-6)34(46)44-28-13-10-20(35(47)50-5)15-29(28)49-4/h7-13,15-16,21,24,30-31,33H,14,17-18H2,1-6H3,(H,44,46)/t21?,24-,30+,31+,33-,38+/m1/s1. The Morgan fingerprint density at radius 3 is 2.37 bits per heavy atom. The van der Waals surface area contributed by atoms with Crippen LogP contribution in [0.15, 0.2) is 54.6 Å². The van der Waals surface area contributed by atoms with E-state index in [4.69, 9.17) is 37.4 Å². The second kappa shape index (κ2) is 14.8. The number of likely N-dealkylation sites (tertiary alicyclic amines) is 1. The quantitative estimate of drug-likeness (QED) is 0.212. The highest BCUT2D eigenvalue weighted by atomic mass is 35.5. The zero-order valence-electron chi connectivity index (χ0n) is 29.1. The van der Waals surface area contributed by atoms with E-state index in [2.05, 4.69) is 11.4 Å². The number of benzene rings is 3. The van der Waals surface area contributed by atoms with E-state index in [0.717, 1.165) is 6.07 Å². The van der Waals surface area contributed by atoms with E-state index in [1.54, 1.807) is 0 Å². The third-order valence-corrected chi connectivity index (χ3v) is 10.3. The second-order valence-electron chi connectivity index (χ2n) is 14.2. The smallest absolute Gasteiger partial charge is 0.337 e. The molecule has 51 heavy (non-hydrogen) atoms.